The van der Waals surface area contributed by atoms with Gasteiger partial charge in [-0.3, -0.25) is 10.1 Å². The molecule has 90 valence electrons. The van der Waals surface area contributed by atoms with Gasteiger partial charge in [0.15, 0.2) is 0 Å². The molecule has 0 fully saturated rings. The van der Waals surface area contributed by atoms with Crippen molar-refractivity contribution >= 4 is 29.4 Å². The van der Waals surface area contributed by atoms with Crippen LogP contribution in [0.1, 0.15) is 17.2 Å². The van der Waals surface area contributed by atoms with E-state index in [9.17, 15) is 10.1 Å². The van der Waals surface area contributed by atoms with Crippen molar-refractivity contribution in [3.05, 3.63) is 62.3 Å². The number of non-ortho nitro benzene ring substituents is 1. The highest BCUT2D eigenvalue weighted by Gasteiger charge is 2.11. The van der Waals surface area contributed by atoms with E-state index in [1.807, 2.05) is 16.8 Å². The molecule has 6 heteroatoms. The zero-order chi connectivity index (χ0) is 11.5. The molecule has 0 spiro atoms. The summed E-state index contributed by atoms with van der Waals surface area (Å²) in [5.41, 5.74) is 8.01. The number of rotatable bonds is 3. The zero-order valence-corrected chi connectivity index (χ0v) is 10.4. The summed E-state index contributed by atoms with van der Waals surface area (Å²) in [7, 11) is 0. The average Bonchev–Trinajstić information content (AvgIpc) is 2.81. The molecule has 2 rings (SSSR count). The van der Waals surface area contributed by atoms with Crippen molar-refractivity contribution in [3.63, 3.8) is 0 Å². The van der Waals surface area contributed by atoms with Gasteiger partial charge in [0, 0.05) is 12.1 Å². The number of hydrogen-bond acceptors (Lipinski definition) is 4. The second-order valence-corrected chi connectivity index (χ2v) is 4.16. The molecule has 0 aliphatic heterocycles. The first kappa shape index (κ1) is 13.6. The Labute approximate surface area is 109 Å². The van der Waals surface area contributed by atoms with Gasteiger partial charge in [-0.2, -0.15) is 11.3 Å². The lowest BCUT2D eigenvalue weighted by molar-refractivity contribution is -0.384. The highest BCUT2D eigenvalue weighted by molar-refractivity contribution is 7.08. The maximum absolute atomic E-state index is 10.5. The summed E-state index contributed by atoms with van der Waals surface area (Å²) in [6, 6.07) is 8.08. The molecular formula is C11H11ClN2O2S. The molecule has 0 amide bonds. The van der Waals surface area contributed by atoms with E-state index in [2.05, 4.69) is 0 Å². The normalized spacial score (nSPS) is 11.6. The van der Waals surface area contributed by atoms with Gasteiger partial charge in [0.05, 0.1) is 11.0 Å². The van der Waals surface area contributed by atoms with E-state index < -0.39 is 4.92 Å². The molecule has 1 atom stereocenters. The molecule has 2 N–H and O–H groups in total. The summed E-state index contributed by atoms with van der Waals surface area (Å²) in [4.78, 5) is 10.1. The quantitative estimate of drug-likeness (QED) is 0.688. The SMILES string of the molecule is Cl.N[C@@H](c1ccc([N+](=O)[O-])cc1)c1ccsc1. The van der Waals surface area contributed by atoms with Crippen LogP contribution in [0.2, 0.25) is 0 Å². The monoisotopic (exact) mass is 270 g/mol. The van der Waals surface area contributed by atoms with Crippen molar-refractivity contribution in [1.29, 1.82) is 0 Å². The van der Waals surface area contributed by atoms with Crippen molar-refractivity contribution in [2.75, 3.05) is 0 Å². The molecule has 0 saturated carbocycles. The van der Waals surface area contributed by atoms with Gasteiger partial charge < -0.3 is 5.73 Å². The number of nitro groups is 1. The Morgan fingerprint density at radius 2 is 1.82 bits per heavy atom. The van der Waals surface area contributed by atoms with Crippen LogP contribution < -0.4 is 5.73 Å². The number of nitrogens with two attached hydrogens (primary N) is 1. The van der Waals surface area contributed by atoms with Crippen LogP contribution in [0.5, 0.6) is 0 Å². The van der Waals surface area contributed by atoms with Crippen molar-refractivity contribution in [1.82, 2.24) is 0 Å². The average molecular weight is 271 g/mol. The van der Waals surface area contributed by atoms with Crippen LogP contribution in [-0.4, -0.2) is 4.92 Å². The lowest BCUT2D eigenvalue weighted by Crippen LogP contribution is -2.10. The van der Waals surface area contributed by atoms with E-state index in [-0.39, 0.29) is 24.1 Å². The summed E-state index contributed by atoms with van der Waals surface area (Å²) >= 11 is 1.58. The van der Waals surface area contributed by atoms with E-state index in [1.165, 1.54) is 12.1 Å². The zero-order valence-electron chi connectivity index (χ0n) is 8.78. The van der Waals surface area contributed by atoms with Gasteiger partial charge in [0.2, 0.25) is 0 Å². The molecule has 0 saturated heterocycles. The molecule has 17 heavy (non-hydrogen) atoms. The van der Waals surface area contributed by atoms with Crippen LogP contribution in [0, 0.1) is 10.1 Å². The molecule has 1 aromatic carbocycles. The minimum Gasteiger partial charge on any atom is -0.320 e. The van der Waals surface area contributed by atoms with Crippen molar-refractivity contribution < 1.29 is 4.92 Å². The Morgan fingerprint density at radius 3 is 2.29 bits per heavy atom. The first-order chi connectivity index (χ1) is 7.68. The summed E-state index contributed by atoms with van der Waals surface area (Å²) in [5, 5.41) is 14.4. The third kappa shape index (κ3) is 3.03. The van der Waals surface area contributed by atoms with Crippen molar-refractivity contribution in [2.45, 2.75) is 6.04 Å². The Kier molecular flexibility index (Phi) is 4.62. The number of halogens is 1. The Bertz CT molecular complexity index is 485. The largest absolute Gasteiger partial charge is 0.320 e. The third-order valence-corrected chi connectivity index (χ3v) is 3.07. The van der Waals surface area contributed by atoms with Gasteiger partial charge >= 0.3 is 0 Å². The minimum atomic E-state index is -0.417. The molecule has 0 bridgehead atoms. The molecule has 0 aliphatic carbocycles. The van der Waals surface area contributed by atoms with Gasteiger partial charge in [-0.25, -0.2) is 0 Å². The van der Waals surface area contributed by atoms with Gasteiger partial charge in [-0.1, -0.05) is 12.1 Å². The van der Waals surface area contributed by atoms with E-state index in [1.54, 1.807) is 23.5 Å². The first-order valence-corrected chi connectivity index (χ1v) is 5.65. The lowest BCUT2D eigenvalue weighted by atomic mass is 10.0. The van der Waals surface area contributed by atoms with E-state index in [4.69, 9.17) is 5.73 Å². The predicted octanol–water partition coefficient (Wildman–Crippen LogP) is 3.13. The minimum absolute atomic E-state index is 0. The molecule has 2 aromatic rings. The fourth-order valence-electron chi connectivity index (χ4n) is 1.45. The van der Waals surface area contributed by atoms with Crippen LogP contribution in [0.15, 0.2) is 41.1 Å². The number of nitro benzene ring substituents is 1. The Balaban J connectivity index is 0.00000144. The van der Waals surface area contributed by atoms with Crippen molar-refractivity contribution in [2.24, 2.45) is 5.73 Å². The van der Waals surface area contributed by atoms with E-state index >= 15 is 0 Å². The van der Waals surface area contributed by atoms with Crippen LogP contribution >= 0.6 is 23.7 Å². The fraction of sp³-hybridized carbons (Fsp3) is 0.0909. The lowest BCUT2D eigenvalue weighted by Gasteiger charge is -2.09. The third-order valence-electron chi connectivity index (χ3n) is 2.37. The van der Waals surface area contributed by atoms with Crippen molar-refractivity contribution in [3.8, 4) is 0 Å². The van der Waals surface area contributed by atoms with Gasteiger partial charge in [-0.05, 0) is 28.0 Å². The Morgan fingerprint density at radius 1 is 1.18 bits per heavy atom. The Hall–Kier alpha value is -1.43. The number of benzene rings is 1. The molecule has 4 nitrogen and oxygen atoms in total. The maximum Gasteiger partial charge on any atom is 0.269 e. The second-order valence-electron chi connectivity index (χ2n) is 3.38. The summed E-state index contributed by atoms with van der Waals surface area (Å²) in [5.74, 6) is 0. The first-order valence-electron chi connectivity index (χ1n) is 4.70. The molecule has 0 radical (unpaired) electrons. The number of nitrogens with zero attached hydrogens (tertiary/aromatic N) is 1. The maximum atomic E-state index is 10.5. The highest BCUT2D eigenvalue weighted by Crippen LogP contribution is 2.23. The molecule has 0 unspecified atom stereocenters. The summed E-state index contributed by atoms with van der Waals surface area (Å²) in [6.07, 6.45) is 0. The van der Waals surface area contributed by atoms with Gasteiger partial charge in [0.25, 0.3) is 5.69 Å². The van der Waals surface area contributed by atoms with Crippen LogP contribution in [0.4, 0.5) is 5.69 Å². The topological polar surface area (TPSA) is 69.2 Å². The molecule has 1 aromatic heterocycles. The van der Waals surface area contributed by atoms with Crippen LogP contribution in [0.3, 0.4) is 0 Å². The number of thiophene rings is 1. The predicted molar refractivity (Wildman–Crippen MR) is 70.7 cm³/mol. The second kappa shape index (κ2) is 5.77. The molecular weight excluding hydrogens is 260 g/mol. The smallest absolute Gasteiger partial charge is 0.269 e. The summed E-state index contributed by atoms with van der Waals surface area (Å²) < 4.78 is 0. The molecule has 0 aliphatic rings. The highest BCUT2D eigenvalue weighted by atomic mass is 35.5. The molecule has 1 heterocycles. The summed E-state index contributed by atoms with van der Waals surface area (Å²) in [6.45, 7) is 0. The standard InChI is InChI=1S/C11H10N2O2S.ClH/c12-11(9-5-6-16-7-9)8-1-3-10(4-2-8)13(14)15;/h1-7,11H,12H2;1H/t11-;/m0./s1. The van der Waals surface area contributed by atoms with E-state index in [0.29, 0.717) is 0 Å². The van der Waals surface area contributed by atoms with Gasteiger partial charge in [-0.15, -0.1) is 12.4 Å². The fourth-order valence-corrected chi connectivity index (χ4v) is 2.14. The van der Waals surface area contributed by atoms with E-state index in [0.717, 1.165) is 11.1 Å². The number of hydrogen-bond donors (Lipinski definition) is 1. The van der Waals surface area contributed by atoms with Gasteiger partial charge in [0.1, 0.15) is 0 Å². The van der Waals surface area contributed by atoms with Crippen LogP contribution in [-0.2, 0) is 0 Å². The van der Waals surface area contributed by atoms with Crippen LogP contribution in [0.25, 0.3) is 0 Å².